The summed E-state index contributed by atoms with van der Waals surface area (Å²) in [7, 11) is -2.14. The molecule has 3 aromatic carbocycles. The lowest BCUT2D eigenvalue weighted by molar-refractivity contribution is -0.132. The number of aryl methyl sites for hydroxylation is 2. The number of aromatic hydroxyl groups is 1. The molecule has 1 saturated heterocycles. The van der Waals surface area contributed by atoms with Gasteiger partial charge in [-0.3, -0.25) is 24.0 Å². The van der Waals surface area contributed by atoms with Gasteiger partial charge in [0.1, 0.15) is 36.0 Å². The molecule has 4 amide bonds. The van der Waals surface area contributed by atoms with Crippen molar-refractivity contribution in [1.29, 1.82) is 0 Å². The topological polar surface area (TPSA) is 281 Å². The predicted octanol–water partition coefficient (Wildman–Crippen LogP) is 6.34. The average Bonchev–Trinajstić information content (AvgIpc) is 4.36. The van der Waals surface area contributed by atoms with Crippen molar-refractivity contribution >= 4 is 67.7 Å². The maximum atomic E-state index is 15.4. The lowest BCUT2D eigenvalue weighted by atomic mass is 9.92. The van der Waals surface area contributed by atoms with Crippen molar-refractivity contribution in [3.8, 4) is 33.1 Å². The summed E-state index contributed by atoms with van der Waals surface area (Å²) in [6.07, 6.45) is 7.15. The van der Waals surface area contributed by atoms with E-state index in [9.17, 15) is 47.0 Å². The zero-order valence-electron chi connectivity index (χ0n) is 45.7. The summed E-state index contributed by atoms with van der Waals surface area (Å²) < 4.78 is 66.9. The number of aliphatic hydroxyl groups is 1. The summed E-state index contributed by atoms with van der Waals surface area (Å²) in [4.78, 5) is 75.1. The number of nitrogens with two attached hydrogens (primary N) is 1. The van der Waals surface area contributed by atoms with Gasteiger partial charge in [-0.25, -0.2) is 27.2 Å². The number of anilines is 2. The Morgan fingerprint density at radius 1 is 1.02 bits per heavy atom. The second-order valence-electron chi connectivity index (χ2n) is 20.9. The van der Waals surface area contributed by atoms with Gasteiger partial charge in [0, 0.05) is 86.0 Å². The van der Waals surface area contributed by atoms with Crippen LogP contribution in [0.25, 0.3) is 32.5 Å². The molecule has 24 heteroatoms. The number of ether oxygens (including phenoxy) is 2. The van der Waals surface area contributed by atoms with Crippen molar-refractivity contribution in [1.82, 2.24) is 35.1 Å². The van der Waals surface area contributed by atoms with Crippen LogP contribution in [0.1, 0.15) is 71.9 Å². The van der Waals surface area contributed by atoms with Gasteiger partial charge in [-0.05, 0) is 77.3 Å². The third kappa shape index (κ3) is 16.3. The van der Waals surface area contributed by atoms with Gasteiger partial charge in [0.05, 0.1) is 59.5 Å². The molecule has 430 valence electrons. The Bertz CT molecular complexity index is 3600. The summed E-state index contributed by atoms with van der Waals surface area (Å²) >= 11 is 1.64. The molecule has 9 rings (SSSR count). The highest BCUT2D eigenvalue weighted by atomic mass is 32.2. The number of phenols is 1. The Morgan fingerprint density at radius 2 is 1.78 bits per heavy atom. The van der Waals surface area contributed by atoms with E-state index in [1.165, 1.54) is 44.2 Å². The lowest BCUT2D eigenvalue weighted by Gasteiger charge is -2.26. The van der Waals surface area contributed by atoms with E-state index in [0.29, 0.717) is 71.8 Å². The molecular weight excluding hydrogens is 1090 g/mol. The number of rotatable bonds is 18. The van der Waals surface area contributed by atoms with Crippen molar-refractivity contribution in [2.24, 2.45) is 18.2 Å². The Balaban J connectivity index is 0.000000263. The minimum atomic E-state index is -3.69. The lowest BCUT2D eigenvalue weighted by Crippen LogP contribution is -2.32. The van der Waals surface area contributed by atoms with E-state index in [2.05, 4.69) is 58.5 Å². The number of carbonyl (C=O) groups excluding carboxylic acids is 4. The number of thiazole rings is 1. The number of nitrogens with one attached hydrogen (secondary N) is 3. The summed E-state index contributed by atoms with van der Waals surface area (Å²) in [6.45, 7) is 9.82. The molecule has 0 bridgehead atoms. The monoisotopic (exact) mass is 1150 g/mol. The molecule has 1 unspecified atom stereocenters. The second-order valence-corrected chi connectivity index (χ2v) is 23.9. The number of nitrogens with zero attached hydrogens (tertiary/aromatic N) is 5. The number of aromatic nitrogens is 4. The van der Waals surface area contributed by atoms with Crippen LogP contribution in [0.4, 0.5) is 20.3 Å². The number of likely N-dealkylation sites (tertiary alicyclic amines) is 1. The first-order valence-corrected chi connectivity index (χ1v) is 28.7. The van der Waals surface area contributed by atoms with E-state index in [1.54, 1.807) is 41.7 Å². The highest BCUT2D eigenvalue weighted by molar-refractivity contribution is 7.89. The van der Waals surface area contributed by atoms with Crippen LogP contribution >= 0.6 is 11.3 Å². The Labute approximate surface area is 470 Å². The van der Waals surface area contributed by atoms with Gasteiger partial charge in [0.25, 0.3) is 11.5 Å². The van der Waals surface area contributed by atoms with E-state index in [0.717, 1.165) is 36.7 Å². The van der Waals surface area contributed by atoms with Crippen LogP contribution in [0.2, 0.25) is 0 Å². The van der Waals surface area contributed by atoms with Crippen LogP contribution in [0.15, 0.2) is 89.6 Å². The number of aromatic amines is 1. The first-order valence-electron chi connectivity index (χ1n) is 25.7. The number of aliphatic hydroxyl groups excluding tert-OH is 1. The third-order valence-corrected chi connectivity index (χ3v) is 14.7. The molecule has 7 N–H and O–H groups in total. The molecule has 2 aliphatic rings. The molecule has 81 heavy (non-hydrogen) atoms. The predicted molar refractivity (Wildman–Crippen MR) is 304 cm³/mol. The minimum Gasteiger partial charge on any atom is -0.508 e. The first-order chi connectivity index (χ1) is 38.4. The number of halogens is 2. The first kappa shape index (κ1) is 60.6. The number of fused-ring (bicyclic) bond motifs is 2. The van der Waals surface area contributed by atoms with Crippen molar-refractivity contribution < 1.29 is 56.1 Å². The molecule has 4 aromatic heterocycles. The van der Waals surface area contributed by atoms with E-state index < -0.39 is 39.0 Å². The Morgan fingerprint density at radius 3 is 2.42 bits per heavy atom. The molecule has 6 heterocycles. The number of β-amino-alcohol motifs (C(OH)–C–C–N with tert-alkyl or cyclic N) is 1. The SMILES string of the molecule is CC(C)(C)CC(=O)N1CCC(O)C1.Cc1ncsc1-c1ccc(CNC=O)cc1.Cn1cc2c3c(c[nH]c3c1=O)CN(c1ncc(F)cc1F)c1cc(C(=O)NCCOc3cc(O)cc(CCOCC(N)=O)c3)c(CS(C)(=O)=O)cc1-2. The van der Waals surface area contributed by atoms with Crippen LogP contribution in [0, 0.1) is 24.0 Å². The van der Waals surface area contributed by atoms with Gasteiger partial charge in [-0.1, -0.05) is 45.0 Å². The van der Waals surface area contributed by atoms with Crippen LogP contribution < -0.4 is 31.6 Å². The van der Waals surface area contributed by atoms with Gasteiger partial charge in [-0.2, -0.15) is 0 Å². The number of hydrogen-bond donors (Lipinski definition) is 6. The number of amides is 4. The number of pyridine rings is 2. The van der Waals surface area contributed by atoms with E-state index in [-0.39, 0.29) is 89.8 Å². The Hall–Kier alpha value is -8.06. The minimum absolute atomic E-state index is 0.0264. The molecule has 2 aliphatic heterocycles. The number of phenolic OH excluding ortho intramolecular Hbond substituents is 1. The van der Waals surface area contributed by atoms with E-state index in [4.69, 9.17) is 15.2 Å². The normalized spacial score (nSPS) is 13.8. The molecular formula is C57H65F2N9O11S2. The Kier molecular flexibility index (Phi) is 19.8. The fourth-order valence-electron chi connectivity index (χ4n) is 9.21. The number of carbonyl (C=O) groups is 4. The molecule has 0 saturated carbocycles. The van der Waals surface area contributed by atoms with Gasteiger partial charge >= 0.3 is 0 Å². The molecule has 0 radical (unpaired) electrons. The zero-order chi connectivity index (χ0) is 58.8. The van der Waals surface area contributed by atoms with Gasteiger partial charge in [-0.15, -0.1) is 11.3 Å². The highest BCUT2D eigenvalue weighted by Crippen LogP contribution is 2.45. The van der Waals surface area contributed by atoms with E-state index in [1.807, 2.05) is 24.6 Å². The van der Waals surface area contributed by atoms with Crippen molar-refractivity contribution in [3.05, 3.63) is 140 Å². The fraction of sp³-hybridized carbons (Fsp3) is 0.351. The second kappa shape index (κ2) is 26.5. The van der Waals surface area contributed by atoms with Gasteiger partial charge in [0.2, 0.25) is 18.2 Å². The number of sulfone groups is 1. The van der Waals surface area contributed by atoms with Crippen molar-refractivity contribution in [2.75, 3.05) is 50.6 Å². The zero-order valence-corrected chi connectivity index (χ0v) is 47.3. The maximum absolute atomic E-state index is 15.4. The quantitative estimate of drug-likeness (QED) is 0.0404. The van der Waals surface area contributed by atoms with Crippen LogP contribution in [-0.4, -0.2) is 119 Å². The number of H-pyrrole nitrogens is 1. The summed E-state index contributed by atoms with van der Waals surface area (Å²) in [5, 5.41) is 25.3. The van der Waals surface area contributed by atoms with Crippen LogP contribution in [-0.2, 0) is 61.3 Å². The average molecular weight is 1150 g/mol. The molecule has 0 aliphatic carbocycles. The standard InChI is InChI=1S/C35H34F2N6O8S.C12H12N2OS.C10H19NO2/c1-42-16-27-26-9-20(18-52(2,48)49)25(34(46)39-4-6-51-24-8-19(7-23(44)11-24)3-5-50-17-30(38)45)12-29(26)43(33-28(37)10-22(36)14-41-33)15-21-13-40-32(31(21)27)35(42)47;1-9-12(16-8-14-9)11-4-2-10(3-5-11)6-13-7-15;1-10(2,3)6-9(13)11-5-4-8(12)7-11/h7-14,16,40,44H,3-6,15,17-18H2,1-2H3,(H2,38,45)(H,39,46);2-5,7-8H,6H2,1H3,(H,13,15);8,12H,4-7H2,1-3H3. The number of benzene rings is 3. The number of hydrogen-bond acceptors (Lipinski definition) is 15. The molecule has 1 fully saturated rings. The highest BCUT2D eigenvalue weighted by Gasteiger charge is 2.31. The summed E-state index contributed by atoms with van der Waals surface area (Å²) in [5.74, 6) is -3.50. The van der Waals surface area contributed by atoms with Crippen LogP contribution in [0.3, 0.4) is 0 Å². The van der Waals surface area contributed by atoms with Gasteiger partial charge in [0.15, 0.2) is 21.5 Å². The molecule has 7 aromatic rings. The smallest absolute Gasteiger partial charge is 0.274 e. The van der Waals surface area contributed by atoms with Crippen molar-refractivity contribution in [2.45, 2.75) is 71.9 Å². The molecule has 20 nitrogen and oxygen atoms in total. The fourth-order valence-corrected chi connectivity index (χ4v) is 10.8. The number of primary amides is 1. The van der Waals surface area contributed by atoms with Crippen molar-refractivity contribution in [3.63, 3.8) is 0 Å². The molecule has 1 atom stereocenters. The summed E-state index contributed by atoms with van der Waals surface area (Å²) in [6, 6.07) is 16.4. The van der Waals surface area contributed by atoms with Gasteiger partial charge < -0.3 is 55.4 Å². The van der Waals surface area contributed by atoms with Crippen LogP contribution in [0.5, 0.6) is 11.5 Å². The third-order valence-electron chi connectivity index (χ3n) is 12.9. The largest absolute Gasteiger partial charge is 0.508 e. The van der Waals surface area contributed by atoms with E-state index >= 15 is 4.39 Å². The molecule has 0 spiro atoms. The summed E-state index contributed by atoms with van der Waals surface area (Å²) in [5.41, 5.74) is 12.8. The maximum Gasteiger partial charge on any atom is 0.274 e.